The van der Waals surface area contributed by atoms with Crippen LogP contribution < -0.4 is 10.6 Å². The van der Waals surface area contributed by atoms with Gasteiger partial charge in [-0.05, 0) is 18.6 Å². The van der Waals surface area contributed by atoms with Crippen LogP contribution in [0, 0.1) is 0 Å². The summed E-state index contributed by atoms with van der Waals surface area (Å²) in [4.78, 5) is 50.9. The third kappa shape index (κ3) is 19.3. The van der Waals surface area contributed by atoms with E-state index in [0.717, 1.165) is 4.90 Å². The second-order valence-corrected chi connectivity index (χ2v) is 12.1. The van der Waals surface area contributed by atoms with E-state index in [1.807, 2.05) is 0 Å². The molecule has 2 aliphatic rings. The summed E-state index contributed by atoms with van der Waals surface area (Å²) in [5.74, 6) is -2.18. The normalized spacial score (nSPS) is 15.5. The third-order valence-electron chi connectivity index (χ3n) is 7.99. The summed E-state index contributed by atoms with van der Waals surface area (Å²) in [5.41, 5.74) is 0.900. The first-order valence-corrected chi connectivity index (χ1v) is 19.1. The largest absolute Gasteiger partial charge is 0.394 e. The molecule has 56 heavy (non-hydrogen) atoms. The molecule has 0 bridgehead atoms. The van der Waals surface area contributed by atoms with Gasteiger partial charge in [0.15, 0.2) is 0 Å². The van der Waals surface area contributed by atoms with Crippen LogP contribution in [-0.2, 0) is 61.7 Å². The van der Waals surface area contributed by atoms with Gasteiger partial charge in [-0.25, -0.2) is 0 Å². The number of nitrogens with one attached hydrogen (secondary N) is 2. The number of nitrogens with zero attached hydrogens (tertiary/aromatic N) is 1. The maximum atomic E-state index is 13.2. The molecule has 1 atom stereocenters. The topological polar surface area (TPSA) is 217 Å². The van der Waals surface area contributed by atoms with Gasteiger partial charge in [-0.1, -0.05) is 6.07 Å². The van der Waals surface area contributed by atoms with Gasteiger partial charge in [0.2, 0.25) is 11.8 Å². The summed E-state index contributed by atoms with van der Waals surface area (Å²) in [5, 5.41) is 13.9. The van der Waals surface area contributed by atoms with Crippen LogP contribution in [0.1, 0.15) is 33.6 Å². The SMILES string of the molecule is O=C1CCC(N2C(=O)c3cccc(NCCOCCOCCOCCOCCOCCOCCOCCOCCOCCOCCOCCO)c3C2=O)C(=O)N1. The van der Waals surface area contributed by atoms with Crippen molar-refractivity contribution in [1.29, 1.82) is 0 Å². The molecule has 19 heteroatoms. The first-order valence-electron chi connectivity index (χ1n) is 19.1. The number of carbonyl (C=O) groups is 4. The Morgan fingerprint density at radius 2 is 0.946 bits per heavy atom. The number of ether oxygens (including phenoxy) is 11. The van der Waals surface area contributed by atoms with Gasteiger partial charge in [0, 0.05) is 18.7 Å². The number of rotatable bonds is 37. The van der Waals surface area contributed by atoms with Crippen LogP contribution >= 0.6 is 0 Å². The molecule has 3 rings (SSSR count). The number of fused-ring (bicyclic) bond motifs is 1. The first-order chi connectivity index (χ1) is 27.5. The van der Waals surface area contributed by atoms with Crippen molar-refractivity contribution in [2.45, 2.75) is 18.9 Å². The van der Waals surface area contributed by atoms with Crippen molar-refractivity contribution in [3.63, 3.8) is 0 Å². The minimum atomic E-state index is -1.01. The van der Waals surface area contributed by atoms with E-state index in [1.165, 1.54) is 0 Å². The Hall–Kier alpha value is -3.18. The lowest BCUT2D eigenvalue weighted by atomic mass is 10.0. The molecule has 0 aromatic heterocycles. The van der Waals surface area contributed by atoms with E-state index in [9.17, 15) is 19.2 Å². The molecule has 1 unspecified atom stereocenters. The highest BCUT2D eigenvalue weighted by Gasteiger charge is 2.45. The molecule has 1 saturated heterocycles. The molecule has 3 N–H and O–H groups in total. The number of piperidine rings is 1. The van der Waals surface area contributed by atoms with Crippen molar-refractivity contribution in [2.75, 3.05) is 164 Å². The van der Waals surface area contributed by atoms with Crippen LogP contribution in [0.25, 0.3) is 0 Å². The van der Waals surface area contributed by atoms with Crippen LogP contribution in [0.4, 0.5) is 5.69 Å². The molecule has 19 nitrogen and oxygen atoms in total. The quantitative estimate of drug-likeness (QED) is 0.0580. The van der Waals surface area contributed by atoms with E-state index in [-0.39, 0.29) is 30.6 Å². The van der Waals surface area contributed by atoms with Crippen molar-refractivity contribution in [3.8, 4) is 0 Å². The van der Waals surface area contributed by atoms with E-state index in [1.54, 1.807) is 18.2 Å². The molecular weight excluding hydrogens is 742 g/mol. The molecule has 2 heterocycles. The van der Waals surface area contributed by atoms with Gasteiger partial charge >= 0.3 is 0 Å². The summed E-state index contributed by atoms with van der Waals surface area (Å²) >= 11 is 0. The van der Waals surface area contributed by atoms with Gasteiger partial charge in [-0.2, -0.15) is 0 Å². The molecule has 0 spiro atoms. The molecule has 0 aliphatic carbocycles. The summed E-state index contributed by atoms with van der Waals surface area (Å²) in [7, 11) is 0. The summed E-state index contributed by atoms with van der Waals surface area (Å²) in [6, 6.07) is 3.90. The number of aliphatic hydroxyl groups excluding tert-OH is 1. The van der Waals surface area contributed by atoms with Crippen LogP contribution in [-0.4, -0.2) is 198 Å². The van der Waals surface area contributed by atoms with Crippen molar-refractivity contribution >= 4 is 29.3 Å². The Labute approximate surface area is 327 Å². The predicted octanol–water partition coefficient (Wildman–Crippen LogP) is -0.325. The van der Waals surface area contributed by atoms with Crippen LogP contribution in [0.3, 0.4) is 0 Å². The van der Waals surface area contributed by atoms with Crippen molar-refractivity contribution in [2.24, 2.45) is 0 Å². The van der Waals surface area contributed by atoms with Gasteiger partial charge in [0.05, 0.1) is 163 Å². The van der Waals surface area contributed by atoms with Gasteiger partial charge in [-0.15, -0.1) is 0 Å². The third-order valence-corrected chi connectivity index (χ3v) is 7.99. The Kier molecular flexibility index (Phi) is 26.0. The second-order valence-electron chi connectivity index (χ2n) is 12.1. The minimum Gasteiger partial charge on any atom is -0.394 e. The fourth-order valence-corrected chi connectivity index (χ4v) is 5.29. The summed E-state index contributed by atoms with van der Waals surface area (Å²) < 4.78 is 59.8. The molecule has 4 amide bonds. The van der Waals surface area contributed by atoms with E-state index in [4.69, 9.17) is 57.2 Å². The van der Waals surface area contributed by atoms with Gasteiger partial charge in [0.25, 0.3) is 11.8 Å². The zero-order chi connectivity index (χ0) is 39.9. The highest BCUT2D eigenvalue weighted by atomic mass is 16.6. The van der Waals surface area contributed by atoms with E-state index >= 15 is 0 Å². The van der Waals surface area contributed by atoms with Crippen LogP contribution in [0.5, 0.6) is 0 Å². The fourth-order valence-electron chi connectivity index (χ4n) is 5.29. The first kappa shape index (κ1) is 47.2. The molecular formula is C37H59N3O16. The summed E-state index contributed by atoms with van der Waals surface area (Å²) in [6.07, 6.45) is 0.165. The van der Waals surface area contributed by atoms with Gasteiger partial charge < -0.3 is 62.5 Å². The maximum Gasteiger partial charge on any atom is 0.264 e. The monoisotopic (exact) mass is 801 g/mol. The highest BCUT2D eigenvalue weighted by Crippen LogP contribution is 2.32. The predicted molar refractivity (Wildman–Crippen MR) is 198 cm³/mol. The van der Waals surface area contributed by atoms with Crippen LogP contribution in [0.2, 0.25) is 0 Å². The zero-order valence-electron chi connectivity index (χ0n) is 32.2. The molecule has 1 aromatic carbocycles. The van der Waals surface area contributed by atoms with Crippen LogP contribution in [0.15, 0.2) is 18.2 Å². The molecule has 1 aromatic rings. The van der Waals surface area contributed by atoms with Gasteiger partial charge in [0.1, 0.15) is 6.04 Å². The lowest BCUT2D eigenvalue weighted by molar-refractivity contribution is -0.136. The number of carbonyl (C=O) groups excluding carboxylic acids is 4. The number of amides is 4. The van der Waals surface area contributed by atoms with Gasteiger partial charge in [-0.3, -0.25) is 29.4 Å². The maximum absolute atomic E-state index is 13.2. The average Bonchev–Trinajstić information content (AvgIpc) is 3.45. The molecule has 0 radical (unpaired) electrons. The van der Waals surface area contributed by atoms with E-state index < -0.39 is 29.7 Å². The lowest BCUT2D eigenvalue weighted by Crippen LogP contribution is -2.54. The van der Waals surface area contributed by atoms with E-state index in [0.29, 0.717) is 158 Å². The number of anilines is 1. The Bertz CT molecular complexity index is 1260. The number of aliphatic hydroxyl groups is 1. The Balaban J connectivity index is 1.00. The zero-order valence-corrected chi connectivity index (χ0v) is 32.2. The number of imide groups is 2. The Morgan fingerprint density at radius 3 is 1.34 bits per heavy atom. The molecule has 318 valence electrons. The Morgan fingerprint density at radius 1 is 0.554 bits per heavy atom. The second kappa shape index (κ2) is 30.9. The number of hydrogen-bond donors (Lipinski definition) is 3. The van der Waals surface area contributed by atoms with Crippen molar-refractivity contribution in [1.82, 2.24) is 10.2 Å². The van der Waals surface area contributed by atoms with E-state index in [2.05, 4.69) is 10.6 Å². The smallest absolute Gasteiger partial charge is 0.264 e. The lowest BCUT2D eigenvalue weighted by Gasteiger charge is -2.27. The average molecular weight is 802 g/mol. The van der Waals surface area contributed by atoms with Crippen molar-refractivity contribution < 1.29 is 76.4 Å². The fraction of sp³-hybridized carbons (Fsp3) is 0.730. The molecule has 2 aliphatic heterocycles. The molecule has 0 saturated carbocycles. The minimum absolute atomic E-state index is 0.0131. The molecule has 1 fully saturated rings. The standard InChI is InChI=1S/C37H59N3O16/c41-7-9-47-11-13-49-15-17-51-19-21-53-23-25-55-27-29-56-28-26-54-24-22-52-20-18-50-16-14-48-12-10-46-8-6-38-31-3-1-2-30-34(31)37(45)40(36(30)44)32-4-5-33(42)39-35(32)43/h1-3,32,38,41H,4-29H2,(H,39,42,43). The highest BCUT2D eigenvalue weighted by molar-refractivity contribution is 6.25. The number of hydrogen-bond acceptors (Lipinski definition) is 17. The number of benzene rings is 1. The summed E-state index contributed by atoms with van der Waals surface area (Å²) in [6.45, 7) is 10.2. The van der Waals surface area contributed by atoms with Crippen molar-refractivity contribution in [3.05, 3.63) is 29.3 Å².